The van der Waals surface area contributed by atoms with Crippen molar-refractivity contribution in [2.45, 2.75) is 65.1 Å². The maximum atomic E-state index is 10.1. The van der Waals surface area contributed by atoms with Crippen LogP contribution in [0, 0.1) is 5.41 Å². The predicted octanol–water partition coefficient (Wildman–Crippen LogP) is 3.54. The summed E-state index contributed by atoms with van der Waals surface area (Å²) in [5.74, 6) is 0. The van der Waals surface area contributed by atoms with E-state index < -0.39 is 0 Å². The molecule has 0 amide bonds. The number of hydrogen-bond donors (Lipinski definition) is 1. The molecule has 0 spiro atoms. The van der Waals surface area contributed by atoms with E-state index in [9.17, 15) is 5.11 Å². The largest absolute Gasteiger partial charge is 0.390 e. The summed E-state index contributed by atoms with van der Waals surface area (Å²) in [6.45, 7) is 10.00. The average molecular weight is 228 g/mol. The van der Waals surface area contributed by atoms with Crippen LogP contribution in [0.1, 0.15) is 52.9 Å². The van der Waals surface area contributed by atoms with Gasteiger partial charge in [0.1, 0.15) is 0 Å². The molecular weight excluding hydrogens is 200 g/mol. The van der Waals surface area contributed by atoms with Gasteiger partial charge in [0.25, 0.3) is 0 Å². The normalized spacial score (nSPS) is 15.8. The molecule has 16 heavy (non-hydrogen) atoms. The Morgan fingerprint density at radius 2 is 1.88 bits per heavy atom. The second kappa shape index (κ2) is 7.86. The number of methoxy groups -OCH3 is 1. The van der Waals surface area contributed by atoms with Crippen molar-refractivity contribution >= 4 is 0 Å². The Hall–Kier alpha value is -0.340. The number of rotatable bonds is 8. The summed E-state index contributed by atoms with van der Waals surface area (Å²) in [6, 6.07) is 0. The second-order valence-corrected chi connectivity index (χ2v) is 5.52. The van der Waals surface area contributed by atoms with E-state index in [0.29, 0.717) is 0 Å². The molecule has 2 heteroatoms. The van der Waals surface area contributed by atoms with Gasteiger partial charge < -0.3 is 9.84 Å². The minimum absolute atomic E-state index is 0.00468. The van der Waals surface area contributed by atoms with E-state index in [1.54, 1.807) is 7.11 Å². The summed E-state index contributed by atoms with van der Waals surface area (Å²) in [6.07, 6.45) is 6.80. The smallest absolute Gasteiger partial charge is 0.0878 e. The average Bonchev–Trinajstić information content (AvgIpc) is 2.16. The minimum Gasteiger partial charge on any atom is -0.390 e. The van der Waals surface area contributed by atoms with Gasteiger partial charge in [0.15, 0.2) is 0 Å². The van der Waals surface area contributed by atoms with Crippen LogP contribution >= 0.6 is 0 Å². The van der Waals surface area contributed by atoms with Crippen molar-refractivity contribution in [3.05, 3.63) is 12.7 Å². The number of hydrogen-bond acceptors (Lipinski definition) is 2. The van der Waals surface area contributed by atoms with Gasteiger partial charge in [-0.25, -0.2) is 0 Å². The lowest BCUT2D eigenvalue weighted by Gasteiger charge is -2.33. The van der Waals surface area contributed by atoms with Crippen molar-refractivity contribution < 1.29 is 9.84 Å². The lowest BCUT2D eigenvalue weighted by molar-refractivity contribution is -0.0738. The topological polar surface area (TPSA) is 29.5 Å². The lowest BCUT2D eigenvalue weighted by atomic mass is 9.84. The molecule has 2 nitrogen and oxygen atoms in total. The Morgan fingerprint density at radius 1 is 1.25 bits per heavy atom. The van der Waals surface area contributed by atoms with E-state index in [2.05, 4.69) is 27.4 Å². The molecule has 0 aliphatic heterocycles. The molecule has 2 unspecified atom stereocenters. The Kier molecular flexibility index (Phi) is 7.69. The van der Waals surface area contributed by atoms with E-state index in [0.717, 1.165) is 25.7 Å². The predicted molar refractivity (Wildman–Crippen MR) is 69.5 cm³/mol. The summed E-state index contributed by atoms with van der Waals surface area (Å²) in [7, 11) is 1.68. The summed E-state index contributed by atoms with van der Waals surface area (Å²) in [5.41, 5.74) is -0.00468. The zero-order chi connectivity index (χ0) is 12.6. The fourth-order valence-electron chi connectivity index (χ4n) is 2.06. The maximum Gasteiger partial charge on any atom is 0.0878 e. The van der Waals surface area contributed by atoms with Crippen molar-refractivity contribution in [3.8, 4) is 0 Å². The van der Waals surface area contributed by atoms with Crippen LogP contribution in [0.5, 0.6) is 0 Å². The van der Waals surface area contributed by atoms with E-state index >= 15 is 0 Å². The van der Waals surface area contributed by atoms with Crippen molar-refractivity contribution in [1.29, 1.82) is 0 Å². The molecule has 0 fully saturated rings. The number of allylic oxidation sites excluding steroid dienone is 1. The number of ether oxygens (including phenoxy) is 1. The van der Waals surface area contributed by atoms with Crippen molar-refractivity contribution in [2.75, 3.05) is 7.11 Å². The van der Waals surface area contributed by atoms with Crippen LogP contribution in [0.2, 0.25) is 0 Å². The first-order valence-electron chi connectivity index (χ1n) is 6.25. The third-order valence-corrected chi connectivity index (χ3v) is 2.87. The van der Waals surface area contributed by atoms with Gasteiger partial charge in [-0.3, -0.25) is 0 Å². The lowest BCUT2D eigenvalue weighted by Crippen LogP contribution is -2.39. The summed E-state index contributed by atoms with van der Waals surface area (Å²) >= 11 is 0. The second-order valence-electron chi connectivity index (χ2n) is 5.52. The van der Waals surface area contributed by atoms with Crippen LogP contribution in [0.4, 0.5) is 0 Å². The molecule has 0 aliphatic rings. The van der Waals surface area contributed by atoms with Crippen LogP contribution in [0.3, 0.4) is 0 Å². The molecule has 0 aromatic carbocycles. The molecule has 0 saturated heterocycles. The first kappa shape index (κ1) is 15.7. The highest BCUT2D eigenvalue weighted by Gasteiger charge is 2.30. The third-order valence-electron chi connectivity index (χ3n) is 2.87. The fourth-order valence-corrected chi connectivity index (χ4v) is 2.06. The molecule has 96 valence electrons. The van der Waals surface area contributed by atoms with Crippen molar-refractivity contribution in [1.82, 2.24) is 0 Å². The Balaban J connectivity index is 3.85. The van der Waals surface area contributed by atoms with Crippen LogP contribution < -0.4 is 0 Å². The molecule has 2 atom stereocenters. The molecule has 0 radical (unpaired) electrons. The van der Waals surface area contributed by atoms with Gasteiger partial charge in [-0.2, -0.15) is 0 Å². The van der Waals surface area contributed by atoms with Gasteiger partial charge in [-0.15, -0.1) is 6.58 Å². The van der Waals surface area contributed by atoms with Gasteiger partial charge in [0.2, 0.25) is 0 Å². The molecule has 0 aliphatic carbocycles. The van der Waals surface area contributed by atoms with E-state index in [1.807, 2.05) is 6.08 Å². The van der Waals surface area contributed by atoms with E-state index in [-0.39, 0.29) is 17.6 Å². The molecule has 0 bridgehead atoms. The maximum absolute atomic E-state index is 10.1. The number of aliphatic hydroxyl groups excluding tert-OH is 1. The summed E-state index contributed by atoms with van der Waals surface area (Å²) in [5, 5.41) is 10.1. The van der Waals surface area contributed by atoms with Gasteiger partial charge in [0, 0.05) is 7.11 Å². The monoisotopic (exact) mass is 228 g/mol. The Morgan fingerprint density at radius 3 is 2.31 bits per heavy atom. The standard InChI is InChI=1S/C14H28O2/c1-6-7-8-9-10-11-12(15)13(16-5)14(2,3)4/h6,12-13,15H,1,7-11H2,2-5H3. The van der Waals surface area contributed by atoms with E-state index in [1.165, 1.54) is 6.42 Å². The summed E-state index contributed by atoms with van der Waals surface area (Å²) in [4.78, 5) is 0. The fraction of sp³-hybridized carbons (Fsp3) is 0.857. The SMILES string of the molecule is C=CCCCCCC(O)C(OC)C(C)(C)C. The van der Waals surface area contributed by atoms with Gasteiger partial charge in [-0.1, -0.05) is 39.7 Å². The molecule has 0 aromatic rings. The number of unbranched alkanes of at least 4 members (excludes halogenated alkanes) is 3. The van der Waals surface area contributed by atoms with Crippen LogP contribution in [-0.2, 0) is 4.74 Å². The van der Waals surface area contributed by atoms with Gasteiger partial charge in [-0.05, 0) is 24.7 Å². The third kappa shape index (κ3) is 6.29. The van der Waals surface area contributed by atoms with Crippen LogP contribution in [0.25, 0.3) is 0 Å². The Labute approximate surface area is 101 Å². The number of aliphatic hydroxyl groups is 1. The molecule has 0 saturated carbocycles. The van der Waals surface area contributed by atoms with E-state index in [4.69, 9.17) is 4.74 Å². The highest BCUT2D eigenvalue weighted by atomic mass is 16.5. The molecule has 0 heterocycles. The summed E-state index contributed by atoms with van der Waals surface area (Å²) < 4.78 is 5.39. The highest BCUT2D eigenvalue weighted by Crippen LogP contribution is 2.26. The zero-order valence-corrected chi connectivity index (χ0v) is 11.3. The van der Waals surface area contributed by atoms with Crippen LogP contribution in [0.15, 0.2) is 12.7 Å². The first-order valence-corrected chi connectivity index (χ1v) is 6.25. The van der Waals surface area contributed by atoms with Crippen molar-refractivity contribution in [2.24, 2.45) is 5.41 Å². The molecule has 1 N–H and O–H groups in total. The van der Waals surface area contributed by atoms with Crippen molar-refractivity contribution in [3.63, 3.8) is 0 Å². The highest BCUT2D eigenvalue weighted by molar-refractivity contribution is 4.81. The van der Waals surface area contributed by atoms with Gasteiger partial charge in [0.05, 0.1) is 12.2 Å². The molecular formula is C14H28O2. The Bertz CT molecular complexity index is 182. The first-order chi connectivity index (χ1) is 7.43. The quantitative estimate of drug-likeness (QED) is 0.508. The molecule has 0 rings (SSSR count). The minimum atomic E-state index is -0.353. The zero-order valence-electron chi connectivity index (χ0n) is 11.3. The van der Waals surface area contributed by atoms with Gasteiger partial charge >= 0.3 is 0 Å². The molecule has 0 aromatic heterocycles. The van der Waals surface area contributed by atoms with Crippen LogP contribution in [-0.4, -0.2) is 24.4 Å².